The first-order chi connectivity index (χ1) is 66.8. The molecule has 46 nitrogen and oxygen atoms in total. The number of carbonyl (C=O) groups excluding carboxylic acids is 17. The number of hydrogen-bond donors (Lipinski definition) is 22. The Morgan fingerprint density at radius 1 is 0.421 bits per heavy atom. The summed E-state index contributed by atoms with van der Waals surface area (Å²) in [4.78, 5) is 266. The number of hydrogen-bond acceptors (Lipinski definition) is 24. The average molecular weight is 1990 g/mol. The van der Waals surface area contributed by atoms with Crippen molar-refractivity contribution in [3.63, 3.8) is 0 Å². The number of nitrogens with two attached hydrogens (primary N) is 7. The first-order valence-corrected chi connectivity index (χ1v) is 51.2. The van der Waals surface area contributed by atoms with E-state index in [4.69, 9.17) is 40.1 Å². The molecular weight excluding hydrogens is 1830 g/mol. The number of nitrogens with one attached hydrogen (secondary N) is 14. The molecule has 0 aliphatic carbocycles. The van der Waals surface area contributed by atoms with E-state index >= 15 is 4.79 Å². The number of aliphatic hydroxyl groups excluding tert-OH is 1. The molecule has 17 amide bonds. The molecule has 2 aromatic heterocycles. The van der Waals surface area contributed by atoms with Crippen LogP contribution < -0.4 is 104 Å². The highest BCUT2D eigenvalue weighted by Crippen LogP contribution is 2.26. The number of imidazole rings is 2. The highest BCUT2D eigenvalue weighted by Gasteiger charge is 2.45. The van der Waals surface area contributed by atoms with Gasteiger partial charge in [0, 0.05) is 82.2 Å². The van der Waals surface area contributed by atoms with Gasteiger partial charge in [-0.15, -0.1) is 0 Å². The summed E-state index contributed by atoms with van der Waals surface area (Å²) < 4.78 is 0. The van der Waals surface area contributed by atoms with Crippen LogP contribution in [0.3, 0.4) is 0 Å². The Kier molecular flexibility index (Phi) is 54.7. The van der Waals surface area contributed by atoms with E-state index in [2.05, 4.69) is 101 Å². The van der Waals surface area contributed by atoms with Crippen LogP contribution in [0.25, 0.3) is 0 Å². The van der Waals surface area contributed by atoms with Gasteiger partial charge in [-0.3, -0.25) is 91.5 Å². The fourth-order valence-electron chi connectivity index (χ4n) is 17.1. The molecule has 15 atom stereocenters. The summed E-state index contributed by atoms with van der Waals surface area (Å²) in [5.74, 6) is -14.4. The fraction of sp³-hybridized carbons (Fsp3) is 0.731. The zero-order valence-electron chi connectivity index (χ0n) is 83.0. The molecule has 0 radical (unpaired) electrons. The first kappa shape index (κ1) is 119. The third-order valence-electron chi connectivity index (χ3n) is 24.9. The number of thioether (sulfide) groups is 1. The van der Waals surface area contributed by atoms with Gasteiger partial charge in [0.25, 0.3) is 0 Å². The second-order valence-corrected chi connectivity index (χ2v) is 38.3. The molecule has 47 heteroatoms. The molecule has 786 valence electrons. The van der Waals surface area contributed by atoms with Gasteiger partial charge < -0.3 is 134 Å². The summed E-state index contributed by atoms with van der Waals surface area (Å²) in [6, 6.07) is -20.1. The number of aliphatic hydroxyl groups is 1. The lowest BCUT2D eigenvalue weighted by atomic mass is 10.0. The van der Waals surface area contributed by atoms with Crippen molar-refractivity contribution in [2.45, 2.75) is 364 Å². The van der Waals surface area contributed by atoms with Gasteiger partial charge in [-0.2, -0.15) is 11.8 Å². The number of aliphatic imine (C=N–C) groups is 2. The van der Waals surface area contributed by atoms with Crippen LogP contribution in [0, 0.1) is 11.8 Å². The van der Waals surface area contributed by atoms with Crippen molar-refractivity contribution >= 4 is 124 Å². The predicted molar refractivity (Wildman–Crippen MR) is 528 cm³/mol. The van der Waals surface area contributed by atoms with E-state index in [9.17, 15) is 81.8 Å². The zero-order chi connectivity index (χ0) is 103. The van der Waals surface area contributed by atoms with Gasteiger partial charge in [0.2, 0.25) is 100 Å². The van der Waals surface area contributed by atoms with Crippen molar-refractivity contribution in [1.29, 1.82) is 0 Å². The van der Waals surface area contributed by atoms with Crippen molar-refractivity contribution in [2.75, 3.05) is 57.9 Å². The normalized spacial score (nSPS) is 17.1. The third kappa shape index (κ3) is 42.7. The maximum atomic E-state index is 15.0. The Morgan fingerprint density at radius 3 is 1.26 bits per heavy atom. The number of rotatable bonds is 69. The van der Waals surface area contributed by atoms with Crippen LogP contribution in [0.2, 0.25) is 0 Å². The highest BCUT2D eigenvalue weighted by molar-refractivity contribution is 7.98. The molecule has 2 aromatic rings. The quantitative estimate of drug-likeness (QED) is 0.0202. The molecular formula is C93H160N28O18S. The summed E-state index contributed by atoms with van der Waals surface area (Å²) in [6.45, 7) is 11.4. The predicted octanol–water partition coefficient (Wildman–Crippen LogP) is -1.56. The summed E-state index contributed by atoms with van der Waals surface area (Å²) in [5.41, 5.74) is 40.0. The second kappa shape index (κ2) is 64.5. The summed E-state index contributed by atoms with van der Waals surface area (Å²) in [7, 11) is 0. The molecule has 0 unspecified atom stereocenters. The Hall–Kier alpha value is -11.8. The number of primary amides is 2. The number of nitrogens with zero attached hydrogens (tertiary/aromatic N) is 7. The van der Waals surface area contributed by atoms with Gasteiger partial charge in [0.05, 0.1) is 19.3 Å². The van der Waals surface area contributed by atoms with Gasteiger partial charge in [-0.25, -0.2) is 9.97 Å². The summed E-state index contributed by atoms with van der Waals surface area (Å²) in [6.07, 6.45) is 26.4. The largest absolute Gasteiger partial charge is 0.394 e. The standard InChI is InChI=1S/C93H160N28O18S/c1-9-10-11-12-13-14-15-16-17-18-19-20-21-22-23-37-75(124)107-58(6)78(126)109-62(32-26-42-103-92(97)98)80(128)116-69(48-56(2)3)91(139)121-46-30-36-73(121)87(135)111-63(33-27-43-104-93(99)100)81(129)117-70(53-122)85(133)110-64(40-47-140-8)82(130)118-76(57(4)5)88(136)115-68(50-61-52-102-55-106-61)84(132)114-67(49-60-51-101-54-105-60)83(131)113-65(31-24-25-41-94)89(137)120-45-29-35-72(120)86(134)108-59(7)79(127)112-66(38-39-74(95)123)90(138)119-44-28-34-71(119)77(96)125/h51-52,54-59,62-73,76,122H,9-50,53,94H2,1-8H3,(H2,95,123)(H2,96,125)(H,101,105)(H,102,106)(H,107,124)(H,108,134)(H,109,126)(H,110,133)(H,111,135)(H,112,127)(H,113,131)(H,114,132)(H,115,136)(H,116,128)(H,117,129)(H,118,130)(H4,97,98,103)(H4,99,100,104)/t58-,59-,62-,63-,64-,65-,66-,67-,68-,69-,70-,71-,72-,73-,76-/m0/s1. The summed E-state index contributed by atoms with van der Waals surface area (Å²) in [5, 5.41) is 43.1. The van der Waals surface area contributed by atoms with E-state index in [1.165, 1.54) is 130 Å². The van der Waals surface area contributed by atoms with Gasteiger partial charge in [0.1, 0.15) is 90.6 Å². The molecule has 0 bridgehead atoms. The first-order valence-electron chi connectivity index (χ1n) is 49.8. The number of aromatic amines is 2. The Bertz CT molecular complexity index is 4330. The van der Waals surface area contributed by atoms with E-state index < -0.39 is 198 Å². The van der Waals surface area contributed by atoms with Crippen LogP contribution in [0.1, 0.15) is 272 Å². The van der Waals surface area contributed by atoms with Crippen LogP contribution in [-0.2, 0) is 94.3 Å². The Balaban J connectivity index is 1.28. The second-order valence-electron chi connectivity index (χ2n) is 37.3. The number of carbonyl (C=O) groups is 17. The van der Waals surface area contributed by atoms with Crippen molar-refractivity contribution < 1.29 is 86.6 Å². The molecule has 3 saturated heterocycles. The SMILES string of the molecule is CCCCCCCCCCCCCCCCCC(=O)N[C@@H](C)C(=O)N[C@@H](CCCN=C(N)N)C(=O)N[C@@H](CC(C)C)C(=O)N1CCC[C@H]1C(=O)N[C@@H](CCCN=C(N)N)C(=O)N[C@@H](CO)C(=O)N[C@@H](CCSC)C(=O)N[C@H](C(=O)N[C@@H](Cc1cnc[nH]1)C(=O)N[C@@H](Cc1cnc[nH]1)C(=O)N[C@@H](CCCCN)C(=O)N1CCC[C@H]1C(=O)N[C@@H](C)C(=O)N[C@@H](CCC(N)=O)C(=O)N1CCC[C@H]1C(N)=O)C(C)C. The molecule has 3 aliphatic rings. The monoisotopic (exact) mass is 1990 g/mol. The molecule has 5 heterocycles. The maximum absolute atomic E-state index is 15.0. The van der Waals surface area contributed by atoms with Gasteiger partial charge in [0.15, 0.2) is 11.9 Å². The minimum atomic E-state index is -1.79. The number of amides is 17. The molecule has 3 aliphatic heterocycles. The maximum Gasteiger partial charge on any atom is 0.245 e. The molecule has 29 N–H and O–H groups in total. The van der Waals surface area contributed by atoms with Gasteiger partial charge in [-0.05, 0) is 153 Å². The topological polar surface area (TPSA) is 729 Å². The average Bonchev–Trinajstić information content (AvgIpc) is 1.67. The lowest BCUT2D eigenvalue weighted by Crippen LogP contribution is -2.62. The number of aromatic nitrogens is 4. The molecule has 3 fully saturated rings. The van der Waals surface area contributed by atoms with E-state index in [0.29, 0.717) is 56.3 Å². The Labute approximate surface area is 825 Å². The molecule has 0 saturated carbocycles. The molecule has 0 aromatic carbocycles. The smallest absolute Gasteiger partial charge is 0.245 e. The lowest BCUT2D eigenvalue weighted by molar-refractivity contribution is -0.143. The lowest BCUT2D eigenvalue weighted by Gasteiger charge is -2.31. The fourth-order valence-corrected chi connectivity index (χ4v) is 17.6. The van der Waals surface area contributed by atoms with Gasteiger partial charge >= 0.3 is 0 Å². The number of likely N-dealkylation sites (tertiary alicyclic amines) is 3. The van der Waals surface area contributed by atoms with E-state index in [1.54, 1.807) is 20.1 Å². The van der Waals surface area contributed by atoms with Crippen molar-refractivity contribution in [3.8, 4) is 0 Å². The minimum absolute atomic E-state index is 0.00245. The minimum Gasteiger partial charge on any atom is -0.394 e. The number of guanidine groups is 2. The summed E-state index contributed by atoms with van der Waals surface area (Å²) >= 11 is 1.30. The Morgan fingerprint density at radius 2 is 0.807 bits per heavy atom. The molecule has 140 heavy (non-hydrogen) atoms. The number of unbranched alkanes of at least 4 members (excludes halogenated alkanes) is 15. The van der Waals surface area contributed by atoms with Crippen molar-refractivity contribution in [3.05, 3.63) is 36.4 Å². The van der Waals surface area contributed by atoms with E-state index in [0.717, 1.165) is 25.7 Å². The zero-order valence-corrected chi connectivity index (χ0v) is 83.8. The van der Waals surface area contributed by atoms with Crippen molar-refractivity contribution in [1.82, 2.24) is 98.4 Å². The molecule has 5 rings (SSSR count). The van der Waals surface area contributed by atoms with Crippen molar-refractivity contribution in [2.24, 2.45) is 62.0 Å². The van der Waals surface area contributed by atoms with Crippen LogP contribution in [-0.4, -0.2) is 301 Å². The van der Waals surface area contributed by atoms with E-state index in [-0.39, 0.29) is 159 Å². The molecule has 0 spiro atoms. The van der Waals surface area contributed by atoms with Crippen LogP contribution in [0.4, 0.5) is 0 Å². The third-order valence-corrected chi connectivity index (χ3v) is 25.6. The van der Waals surface area contributed by atoms with Crippen LogP contribution in [0.15, 0.2) is 35.0 Å². The van der Waals surface area contributed by atoms with Crippen LogP contribution in [0.5, 0.6) is 0 Å². The number of H-pyrrole nitrogens is 2. The van der Waals surface area contributed by atoms with E-state index in [1.807, 2.05) is 13.8 Å². The van der Waals surface area contributed by atoms with Crippen LogP contribution >= 0.6 is 11.8 Å². The van der Waals surface area contributed by atoms with Gasteiger partial charge in [-0.1, -0.05) is 125 Å². The highest BCUT2D eigenvalue weighted by atomic mass is 32.2.